The fourth-order valence-electron chi connectivity index (χ4n) is 4.29. The van der Waals surface area contributed by atoms with Crippen LogP contribution in [0.4, 0.5) is 5.69 Å². The number of nitrogens with one attached hydrogen (secondary N) is 1. The molecule has 3 aromatic carbocycles. The number of benzene rings is 3. The second kappa shape index (κ2) is 13.2. The summed E-state index contributed by atoms with van der Waals surface area (Å²) >= 11 is 0. The van der Waals surface area contributed by atoms with E-state index in [0.717, 1.165) is 27.4 Å². The first-order valence-electron chi connectivity index (χ1n) is 12.9. The predicted octanol–water partition coefficient (Wildman–Crippen LogP) is 4.83. The Hall–Kier alpha value is -3.65. The zero-order chi connectivity index (χ0) is 27.7. The van der Waals surface area contributed by atoms with Crippen LogP contribution in [-0.2, 0) is 26.2 Å². The van der Waals surface area contributed by atoms with Crippen molar-refractivity contribution in [1.82, 2.24) is 10.2 Å². The standard InChI is InChI=1S/C30H37N3O4S/c1-5-19-31-30(35)28(6-2)32(21-25-15-11-10-14-24(25)4)29(34)22-33(26-16-12-13-23(3)20-26)38(36,37)27-17-8-7-9-18-27/h7-18,20,28H,5-6,19,21-22H2,1-4H3,(H,31,35). The fourth-order valence-corrected chi connectivity index (χ4v) is 5.72. The smallest absolute Gasteiger partial charge is 0.264 e. The molecule has 2 amide bonds. The summed E-state index contributed by atoms with van der Waals surface area (Å²) in [6.45, 7) is 7.89. The van der Waals surface area contributed by atoms with E-state index in [0.29, 0.717) is 18.7 Å². The van der Waals surface area contributed by atoms with E-state index >= 15 is 0 Å². The summed E-state index contributed by atoms with van der Waals surface area (Å²) in [5, 5.41) is 2.90. The van der Waals surface area contributed by atoms with Gasteiger partial charge in [0, 0.05) is 13.1 Å². The number of rotatable bonds is 12. The molecule has 1 N–H and O–H groups in total. The fraction of sp³-hybridized carbons (Fsp3) is 0.333. The quantitative estimate of drug-likeness (QED) is 0.360. The average Bonchev–Trinajstić information content (AvgIpc) is 2.91. The van der Waals surface area contributed by atoms with Gasteiger partial charge in [-0.3, -0.25) is 13.9 Å². The molecule has 0 aliphatic carbocycles. The van der Waals surface area contributed by atoms with Gasteiger partial charge in [-0.05, 0) is 67.6 Å². The van der Waals surface area contributed by atoms with Gasteiger partial charge in [-0.25, -0.2) is 8.42 Å². The summed E-state index contributed by atoms with van der Waals surface area (Å²) in [7, 11) is -4.06. The van der Waals surface area contributed by atoms with E-state index in [1.807, 2.05) is 58.0 Å². The molecule has 0 heterocycles. The lowest BCUT2D eigenvalue weighted by Gasteiger charge is -2.33. The van der Waals surface area contributed by atoms with Crippen LogP contribution in [0.5, 0.6) is 0 Å². The van der Waals surface area contributed by atoms with Crippen molar-refractivity contribution in [3.63, 3.8) is 0 Å². The molecule has 0 aromatic heterocycles. The summed E-state index contributed by atoms with van der Waals surface area (Å²) in [5.41, 5.74) is 3.14. The van der Waals surface area contributed by atoms with Gasteiger partial charge >= 0.3 is 0 Å². The van der Waals surface area contributed by atoms with Crippen molar-refractivity contribution in [3.8, 4) is 0 Å². The number of aryl methyl sites for hydroxylation is 2. The van der Waals surface area contributed by atoms with Crippen molar-refractivity contribution in [2.24, 2.45) is 0 Å². The molecule has 0 bridgehead atoms. The molecule has 0 spiro atoms. The highest BCUT2D eigenvalue weighted by Crippen LogP contribution is 2.25. The van der Waals surface area contributed by atoms with Crippen molar-refractivity contribution in [2.75, 3.05) is 17.4 Å². The number of carbonyl (C=O) groups excluding carboxylic acids is 2. The molecular formula is C30H37N3O4S. The van der Waals surface area contributed by atoms with Crippen molar-refractivity contribution in [1.29, 1.82) is 0 Å². The van der Waals surface area contributed by atoms with Crippen molar-refractivity contribution in [3.05, 3.63) is 95.6 Å². The Kier molecular flexibility index (Phi) is 10.1. The minimum atomic E-state index is -4.06. The zero-order valence-electron chi connectivity index (χ0n) is 22.6. The third kappa shape index (κ3) is 7.01. The van der Waals surface area contributed by atoms with Crippen molar-refractivity contribution < 1.29 is 18.0 Å². The van der Waals surface area contributed by atoms with E-state index in [4.69, 9.17) is 0 Å². The largest absolute Gasteiger partial charge is 0.354 e. The molecule has 38 heavy (non-hydrogen) atoms. The van der Waals surface area contributed by atoms with Crippen LogP contribution in [0, 0.1) is 13.8 Å². The molecule has 3 rings (SSSR count). The molecule has 0 radical (unpaired) electrons. The summed E-state index contributed by atoms with van der Waals surface area (Å²) in [5.74, 6) is -0.697. The molecule has 0 saturated carbocycles. The van der Waals surface area contributed by atoms with Gasteiger partial charge < -0.3 is 10.2 Å². The molecule has 1 unspecified atom stereocenters. The first kappa shape index (κ1) is 28.9. The lowest BCUT2D eigenvalue weighted by Crippen LogP contribution is -2.52. The third-order valence-electron chi connectivity index (χ3n) is 6.44. The molecule has 8 heteroatoms. The summed E-state index contributed by atoms with van der Waals surface area (Å²) in [4.78, 5) is 28.8. The number of nitrogens with zero attached hydrogens (tertiary/aromatic N) is 2. The predicted molar refractivity (Wildman–Crippen MR) is 151 cm³/mol. The molecule has 0 fully saturated rings. The minimum Gasteiger partial charge on any atom is -0.354 e. The Bertz CT molecular complexity index is 1340. The zero-order valence-corrected chi connectivity index (χ0v) is 23.4. The molecule has 0 aliphatic rings. The Labute approximate surface area is 226 Å². The molecule has 3 aromatic rings. The second-order valence-electron chi connectivity index (χ2n) is 9.33. The Morgan fingerprint density at radius 1 is 0.895 bits per heavy atom. The molecule has 0 saturated heterocycles. The van der Waals surface area contributed by atoms with Crippen LogP contribution in [0.15, 0.2) is 83.8 Å². The highest BCUT2D eigenvalue weighted by Gasteiger charge is 2.33. The maximum atomic E-state index is 14.0. The average molecular weight is 536 g/mol. The van der Waals surface area contributed by atoms with Crippen LogP contribution in [0.1, 0.15) is 43.4 Å². The van der Waals surface area contributed by atoms with Crippen LogP contribution < -0.4 is 9.62 Å². The highest BCUT2D eigenvalue weighted by molar-refractivity contribution is 7.92. The molecule has 0 aliphatic heterocycles. The number of anilines is 1. The van der Waals surface area contributed by atoms with E-state index in [1.165, 1.54) is 17.0 Å². The van der Waals surface area contributed by atoms with Crippen LogP contribution >= 0.6 is 0 Å². The third-order valence-corrected chi connectivity index (χ3v) is 8.22. The topological polar surface area (TPSA) is 86.8 Å². The van der Waals surface area contributed by atoms with Crippen molar-refractivity contribution >= 4 is 27.5 Å². The van der Waals surface area contributed by atoms with Crippen LogP contribution in [0.2, 0.25) is 0 Å². The monoisotopic (exact) mass is 535 g/mol. The maximum absolute atomic E-state index is 14.0. The highest BCUT2D eigenvalue weighted by atomic mass is 32.2. The van der Waals surface area contributed by atoms with E-state index in [1.54, 1.807) is 36.4 Å². The van der Waals surface area contributed by atoms with Gasteiger partial charge in [0.05, 0.1) is 10.6 Å². The molecule has 202 valence electrons. The molecule has 7 nitrogen and oxygen atoms in total. The minimum absolute atomic E-state index is 0.0903. The van der Waals surface area contributed by atoms with Gasteiger partial charge in [-0.15, -0.1) is 0 Å². The first-order chi connectivity index (χ1) is 18.2. The van der Waals surface area contributed by atoms with E-state index in [-0.39, 0.29) is 17.3 Å². The SMILES string of the molecule is CCCNC(=O)C(CC)N(Cc1ccccc1C)C(=O)CN(c1cccc(C)c1)S(=O)(=O)c1ccccc1. The number of carbonyl (C=O) groups is 2. The molecular weight excluding hydrogens is 498 g/mol. The number of amides is 2. The van der Waals surface area contributed by atoms with Gasteiger partial charge in [0.25, 0.3) is 10.0 Å². The van der Waals surface area contributed by atoms with Crippen LogP contribution in [0.25, 0.3) is 0 Å². The Balaban J connectivity index is 2.05. The van der Waals surface area contributed by atoms with Gasteiger partial charge in [0.2, 0.25) is 11.8 Å². The Morgan fingerprint density at radius 2 is 1.58 bits per heavy atom. The number of hydrogen-bond acceptors (Lipinski definition) is 4. The summed E-state index contributed by atoms with van der Waals surface area (Å²) in [6, 6.07) is 22.1. The number of sulfonamides is 1. The van der Waals surface area contributed by atoms with Gasteiger partial charge in [-0.2, -0.15) is 0 Å². The van der Waals surface area contributed by atoms with E-state index in [9.17, 15) is 18.0 Å². The Morgan fingerprint density at radius 3 is 2.21 bits per heavy atom. The second-order valence-corrected chi connectivity index (χ2v) is 11.2. The maximum Gasteiger partial charge on any atom is 0.264 e. The first-order valence-corrected chi connectivity index (χ1v) is 14.4. The van der Waals surface area contributed by atoms with Crippen molar-refractivity contribution in [2.45, 2.75) is 58.0 Å². The van der Waals surface area contributed by atoms with Gasteiger partial charge in [-0.1, -0.05) is 68.4 Å². The van der Waals surface area contributed by atoms with Gasteiger partial charge in [0.15, 0.2) is 0 Å². The normalized spacial score (nSPS) is 12.0. The van der Waals surface area contributed by atoms with Crippen LogP contribution in [0.3, 0.4) is 0 Å². The van der Waals surface area contributed by atoms with Crippen LogP contribution in [-0.4, -0.2) is 44.3 Å². The number of hydrogen-bond donors (Lipinski definition) is 1. The summed E-state index contributed by atoms with van der Waals surface area (Å²) < 4.78 is 28.7. The van der Waals surface area contributed by atoms with E-state index in [2.05, 4.69) is 5.32 Å². The molecule has 1 atom stereocenters. The summed E-state index contributed by atoms with van der Waals surface area (Å²) in [6.07, 6.45) is 1.16. The lowest BCUT2D eigenvalue weighted by molar-refractivity contribution is -0.140. The van der Waals surface area contributed by atoms with E-state index < -0.39 is 28.5 Å². The van der Waals surface area contributed by atoms with Gasteiger partial charge in [0.1, 0.15) is 12.6 Å². The lowest BCUT2D eigenvalue weighted by atomic mass is 10.1.